The van der Waals surface area contributed by atoms with Crippen molar-refractivity contribution in [1.29, 1.82) is 0 Å². The van der Waals surface area contributed by atoms with Crippen molar-refractivity contribution in [2.24, 2.45) is 5.73 Å². The second-order valence-electron chi connectivity index (χ2n) is 4.40. The maximum absolute atomic E-state index is 13.8. The van der Waals surface area contributed by atoms with E-state index < -0.39 is 15.8 Å². The van der Waals surface area contributed by atoms with Gasteiger partial charge in [-0.1, -0.05) is 18.3 Å². The zero-order valence-corrected chi connectivity index (χ0v) is 12.9. The zero-order chi connectivity index (χ0) is 15.8. The van der Waals surface area contributed by atoms with E-state index in [-0.39, 0.29) is 21.1 Å². The molecule has 21 heavy (non-hydrogen) atoms. The molecular formula is C12H13FN4O2S2. The number of anilines is 1. The van der Waals surface area contributed by atoms with Gasteiger partial charge in [-0.2, -0.15) is 5.10 Å². The molecule has 0 aliphatic heterocycles. The zero-order valence-electron chi connectivity index (χ0n) is 11.3. The highest BCUT2D eigenvalue weighted by atomic mass is 32.2. The summed E-state index contributed by atoms with van der Waals surface area (Å²) in [5.41, 5.74) is 5.99. The smallest absolute Gasteiger partial charge is 0.265 e. The van der Waals surface area contributed by atoms with Gasteiger partial charge in [-0.25, -0.2) is 12.8 Å². The number of aromatic amines is 1. The number of H-pyrrole nitrogens is 1. The molecule has 0 radical (unpaired) electrons. The lowest BCUT2D eigenvalue weighted by Crippen LogP contribution is -2.20. The first-order valence-electron chi connectivity index (χ1n) is 5.86. The van der Waals surface area contributed by atoms with E-state index in [4.69, 9.17) is 18.0 Å². The third-order valence-corrected chi connectivity index (χ3v) is 4.67. The van der Waals surface area contributed by atoms with Crippen LogP contribution < -0.4 is 10.5 Å². The fourth-order valence-electron chi connectivity index (χ4n) is 1.99. The molecule has 0 aliphatic rings. The highest BCUT2D eigenvalue weighted by Crippen LogP contribution is 2.24. The monoisotopic (exact) mass is 328 g/mol. The van der Waals surface area contributed by atoms with Gasteiger partial charge >= 0.3 is 0 Å². The molecule has 0 unspecified atom stereocenters. The summed E-state index contributed by atoms with van der Waals surface area (Å²) in [5.74, 6) is -0.691. The summed E-state index contributed by atoms with van der Waals surface area (Å²) in [6.07, 6.45) is 0. The molecule has 1 heterocycles. The first-order chi connectivity index (χ1) is 9.74. The van der Waals surface area contributed by atoms with Crippen LogP contribution in [0.2, 0.25) is 0 Å². The number of aryl methyl sites for hydroxylation is 2. The van der Waals surface area contributed by atoms with Gasteiger partial charge in [-0.15, -0.1) is 0 Å². The number of thiocarbonyl (C=S) groups is 1. The molecule has 0 saturated heterocycles. The van der Waals surface area contributed by atoms with Crippen molar-refractivity contribution in [2.45, 2.75) is 18.7 Å². The lowest BCUT2D eigenvalue weighted by molar-refractivity contribution is 0.600. The lowest BCUT2D eigenvalue weighted by atomic mass is 10.2. The average molecular weight is 328 g/mol. The van der Waals surface area contributed by atoms with E-state index in [1.54, 1.807) is 13.8 Å². The molecule has 2 rings (SSSR count). The van der Waals surface area contributed by atoms with Crippen LogP contribution in [0.4, 0.5) is 10.1 Å². The number of halogens is 1. The minimum atomic E-state index is -3.93. The summed E-state index contributed by atoms with van der Waals surface area (Å²) in [4.78, 5) is -0.216. The molecule has 6 nitrogen and oxygen atoms in total. The number of hydrogen-bond donors (Lipinski definition) is 3. The van der Waals surface area contributed by atoms with Gasteiger partial charge in [0.25, 0.3) is 10.0 Å². The summed E-state index contributed by atoms with van der Waals surface area (Å²) in [6, 6.07) is 3.91. The largest absolute Gasteiger partial charge is 0.389 e. The molecular weight excluding hydrogens is 315 g/mol. The van der Waals surface area contributed by atoms with Crippen LogP contribution in [0.15, 0.2) is 23.1 Å². The molecule has 0 bridgehead atoms. The molecule has 0 aliphatic carbocycles. The topological polar surface area (TPSA) is 101 Å². The Morgan fingerprint density at radius 1 is 1.43 bits per heavy atom. The first kappa shape index (κ1) is 15.4. The van der Waals surface area contributed by atoms with Gasteiger partial charge in [-0.3, -0.25) is 9.82 Å². The predicted octanol–water partition coefficient (Wildman–Crippen LogP) is 1.60. The predicted molar refractivity (Wildman–Crippen MR) is 81.2 cm³/mol. The summed E-state index contributed by atoms with van der Waals surface area (Å²) in [6.45, 7) is 3.13. The number of aromatic nitrogens is 2. The Bertz CT molecular complexity index is 795. The van der Waals surface area contributed by atoms with Crippen molar-refractivity contribution >= 4 is 32.9 Å². The Kier molecular flexibility index (Phi) is 3.97. The summed E-state index contributed by atoms with van der Waals surface area (Å²) in [7, 11) is -3.93. The van der Waals surface area contributed by atoms with Crippen LogP contribution in [0.25, 0.3) is 0 Å². The van der Waals surface area contributed by atoms with Crippen LogP contribution in [-0.2, 0) is 10.0 Å². The number of nitrogens with zero attached hydrogens (tertiary/aromatic N) is 1. The van der Waals surface area contributed by atoms with E-state index in [9.17, 15) is 12.8 Å². The van der Waals surface area contributed by atoms with Gasteiger partial charge in [0.1, 0.15) is 15.7 Å². The fourth-order valence-corrected chi connectivity index (χ4v) is 3.64. The Morgan fingerprint density at radius 3 is 2.62 bits per heavy atom. The summed E-state index contributed by atoms with van der Waals surface area (Å²) >= 11 is 4.76. The maximum Gasteiger partial charge on any atom is 0.265 e. The number of rotatable bonds is 4. The van der Waals surface area contributed by atoms with Crippen molar-refractivity contribution in [3.8, 4) is 0 Å². The van der Waals surface area contributed by atoms with Gasteiger partial charge < -0.3 is 5.73 Å². The van der Waals surface area contributed by atoms with Crippen molar-refractivity contribution in [1.82, 2.24) is 10.2 Å². The quantitative estimate of drug-likeness (QED) is 0.740. The van der Waals surface area contributed by atoms with Crippen LogP contribution in [0.3, 0.4) is 0 Å². The average Bonchev–Trinajstić information content (AvgIpc) is 2.68. The SMILES string of the molecule is Cc1n[nH]c(C)c1S(=O)(=O)Nc1cccc(F)c1C(N)=S. The Hall–Kier alpha value is -2.00. The molecule has 0 fully saturated rings. The molecule has 9 heteroatoms. The number of hydrogen-bond acceptors (Lipinski definition) is 4. The molecule has 0 spiro atoms. The van der Waals surface area contributed by atoms with Gasteiger partial charge in [0.15, 0.2) is 0 Å². The molecule has 1 aromatic carbocycles. The highest BCUT2D eigenvalue weighted by Gasteiger charge is 2.24. The van der Waals surface area contributed by atoms with E-state index in [1.165, 1.54) is 12.1 Å². The van der Waals surface area contributed by atoms with Crippen molar-refractivity contribution in [3.63, 3.8) is 0 Å². The fraction of sp³-hybridized carbons (Fsp3) is 0.167. The summed E-state index contributed by atoms with van der Waals surface area (Å²) in [5, 5.41) is 6.41. The molecule has 0 saturated carbocycles. The minimum absolute atomic E-state index is 0.0116. The van der Waals surface area contributed by atoms with Crippen molar-refractivity contribution < 1.29 is 12.8 Å². The van der Waals surface area contributed by atoms with Gasteiger partial charge in [-0.05, 0) is 26.0 Å². The molecule has 0 amide bonds. The van der Waals surface area contributed by atoms with E-state index in [2.05, 4.69) is 14.9 Å². The minimum Gasteiger partial charge on any atom is -0.389 e. The third kappa shape index (κ3) is 2.88. The van der Waals surface area contributed by atoms with Crippen LogP contribution >= 0.6 is 12.2 Å². The maximum atomic E-state index is 13.8. The molecule has 112 valence electrons. The van der Waals surface area contributed by atoms with Gasteiger partial charge in [0, 0.05) is 0 Å². The number of nitrogens with one attached hydrogen (secondary N) is 2. The normalized spacial score (nSPS) is 11.4. The Labute approximate surface area is 126 Å². The summed E-state index contributed by atoms with van der Waals surface area (Å²) < 4.78 is 40.9. The highest BCUT2D eigenvalue weighted by molar-refractivity contribution is 7.92. The lowest BCUT2D eigenvalue weighted by Gasteiger charge is -2.12. The van der Waals surface area contributed by atoms with Crippen LogP contribution in [0.1, 0.15) is 17.0 Å². The second-order valence-corrected chi connectivity index (χ2v) is 6.45. The number of sulfonamides is 1. The Morgan fingerprint density at radius 2 is 2.10 bits per heavy atom. The van der Waals surface area contributed by atoms with E-state index in [1.807, 2.05) is 0 Å². The van der Waals surface area contributed by atoms with E-state index in [0.29, 0.717) is 11.4 Å². The second kappa shape index (κ2) is 5.41. The van der Waals surface area contributed by atoms with E-state index >= 15 is 0 Å². The van der Waals surface area contributed by atoms with Crippen molar-refractivity contribution in [2.75, 3.05) is 4.72 Å². The number of nitrogens with two attached hydrogens (primary N) is 1. The standard InChI is InChI=1S/C12H13FN4O2S2/c1-6-11(7(2)16-15-6)21(18,19)17-9-5-3-4-8(13)10(9)12(14)20/h3-5,17H,1-2H3,(H2,14,20)(H,15,16). The molecule has 2 aromatic rings. The third-order valence-electron chi connectivity index (χ3n) is 2.83. The molecule has 0 atom stereocenters. The van der Waals surface area contributed by atoms with Crippen molar-refractivity contribution in [3.05, 3.63) is 41.0 Å². The molecule has 4 N–H and O–H groups in total. The van der Waals surface area contributed by atoms with Gasteiger partial charge in [0.05, 0.1) is 22.6 Å². The van der Waals surface area contributed by atoms with Crippen LogP contribution in [0, 0.1) is 19.7 Å². The molecule has 1 aromatic heterocycles. The van der Waals surface area contributed by atoms with Crippen LogP contribution in [0.5, 0.6) is 0 Å². The van der Waals surface area contributed by atoms with E-state index in [0.717, 1.165) is 6.07 Å². The number of benzene rings is 1. The van der Waals surface area contributed by atoms with Gasteiger partial charge in [0.2, 0.25) is 0 Å². The Balaban J connectivity index is 2.53. The first-order valence-corrected chi connectivity index (χ1v) is 7.76. The van der Waals surface area contributed by atoms with Crippen LogP contribution in [-0.4, -0.2) is 23.6 Å².